The topological polar surface area (TPSA) is 41.1 Å². The van der Waals surface area contributed by atoms with E-state index in [0.717, 1.165) is 13.0 Å². The minimum atomic E-state index is -4.16. The van der Waals surface area contributed by atoms with Crippen LogP contribution in [0.15, 0.2) is 0 Å². The Hall–Kier alpha value is -0.780. The lowest BCUT2D eigenvalue weighted by atomic mass is 9.80. The van der Waals surface area contributed by atoms with E-state index < -0.39 is 18.0 Å². The van der Waals surface area contributed by atoms with Crippen LogP contribution in [0.1, 0.15) is 32.1 Å². The Labute approximate surface area is 106 Å². The molecule has 0 heterocycles. The number of carbonyl (C=O) groups excluding carboxylic acids is 1. The van der Waals surface area contributed by atoms with Crippen molar-refractivity contribution >= 4 is 5.91 Å². The summed E-state index contributed by atoms with van der Waals surface area (Å²) < 4.78 is 37.8. The molecule has 1 rings (SSSR count). The Bertz CT molecular complexity index is 269. The molecule has 1 amide bonds. The summed E-state index contributed by atoms with van der Waals surface area (Å²) in [6.07, 6.45) is -2.21. The fraction of sp³-hybridized carbons (Fsp3) is 0.917. The molecule has 106 valence electrons. The molecule has 1 saturated carbocycles. The molecule has 18 heavy (non-hydrogen) atoms. The van der Waals surface area contributed by atoms with Crippen LogP contribution in [0, 0.1) is 11.8 Å². The molecule has 1 fully saturated rings. The first kappa shape index (κ1) is 15.3. The Kier molecular flexibility index (Phi) is 5.91. The summed E-state index contributed by atoms with van der Waals surface area (Å²) in [7, 11) is 1.82. The summed E-state index contributed by atoms with van der Waals surface area (Å²) in [6, 6.07) is 0. The van der Waals surface area contributed by atoms with E-state index in [0.29, 0.717) is 19.4 Å². The lowest BCUT2D eigenvalue weighted by molar-refractivity contribution is -0.186. The Balaban J connectivity index is 2.34. The highest BCUT2D eigenvalue weighted by Crippen LogP contribution is 2.39. The van der Waals surface area contributed by atoms with Gasteiger partial charge in [-0.1, -0.05) is 6.42 Å². The summed E-state index contributed by atoms with van der Waals surface area (Å²) in [6.45, 7) is 1.31. The Morgan fingerprint density at radius 3 is 2.61 bits per heavy atom. The number of amides is 1. The minimum Gasteiger partial charge on any atom is -0.356 e. The maximum Gasteiger partial charge on any atom is 0.391 e. The second-order valence-electron chi connectivity index (χ2n) is 4.85. The predicted octanol–water partition coefficient (Wildman–Crippen LogP) is 2.08. The highest BCUT2D eigenvalue weighted by atomic mass is 19.4. The summed E-state index contributed by atoms with van der Waals surface area (Å²) >= 11 is 0. The summed E-state index contributed by atoms with van der Waals surface area (Å²) in [5.74, 6) is -2.00. The number of carbonyl (C=O) groups is 1. The quantitative estimate of drug-likeness (QED) is 0.748. The van der Waals surface area contributed by atoms with Crippen molar-refractivity contribution in [1.29, 1.82) is 0 Å². The van der Waals surface area contributed by atoms with Crippen LogP contribution in [0.2, 0.25) is 0 Å². The molecule has 0 spiro atoms. The van der Waals surface area contributed by atoms with Crippen LogP contribution in [0.25, 0.3) is 0 Å². The van der Waals surface area contributed by atoms with E-state index in [-0.39, 0.29) is 18.7 Å². The molecular weight excluding hydrogens is 245 g/mol. The fourth-order valence-corrected chi connectivity index (χ4v) is 2.35. The average molecular weight is 266 g/mol. The van der Waals surface area contributed by atoms with E-state index in [4.69, 9.17) is 0 Å². The third-order valence-electron chi connectivity index (χ3n) is 3.41. The van der Waals surface area contributed by atoms with Crippen molar-refractivity contribution < 1.29 is 18.0 Å². The number of rotatable bonds is 5. The zero-order valence-corrected chi connectivity index (χ0v) is 10.6. The molecule has 1 aliphatic carbocycles. The van der Waals surface area contributed by atoms with Crippen molar-refractivity contribution in [3.8, 4) is 0 Å². The molecule has 0 bridgehead atoms. The van der Waals surface area contributed by atoms with E-state index in [1.165, 1.54) is 0 Å². The molecule has 2 atom stereocenters. The SMILES string of the molecule is CNCCCNC(=O)C1CCCC(C(F)(F)F)C1. The van der Waals surface area contributed by atoms with Gasteiger partial charge in [0, 0.05) is 12.5 Å². The van der Waals surface area contributed by atoms with Crippen molar-refractivity contribution in [3.05, 3.63) is 0 Å². The van der Waals surface area contributed by atoms with Gasteiger partial charge in [0.15, 0.2) is 0 Å². The van der Waals surface area contributed by atoms with E-state index in [1.807, 2.05) is 7.05 Å². The first-order valence-corrected chi connectivity index (χ1v) is 6.44. The predicted molar refractivity (Wildman–Crippen MR) is 63.1 cm³/mol. The van der Waals surface area contributed by atoms with Crippen molar-refractivity contribution in [2.75, 3.05) is 20.1 Å². The number of halogens is 3. The Morgan fingerprint density at radius 2 is 2.00 bits per heavy atom. The van der Waals surface area contributed by atoms with Crippen molar-refractivity contribution in [2.24, 2.45) is 11.8 Å². The van der Waals surface area contributed by atoms with Gasteiger partial charge in [0.1, 0.15) is 0 Å². The van der Waals surface area contributed by atoms with Gasteiger partial charge < -0.3 is 10.6 Å². The fourth-order valence-electron chi connectivity index (χ4n) is 2.35. The van der Waals surface area contributed by atoms with Crippen LogP contribution >= 0.6 is 0 Å². The summed E-state index contributed by atoms with van der Waals surface area (Å²) in [5, 5.41) is 5.66. The number of hydrogen-bond donors (Lipinski definition) is 2. The molecule has 0 radical (unpaired) electrons. The summed E-state index contributed by atoms with van der Waals surface area (Å²) in [4.78, 5) is 11.7. The first-order valence-electron chi connectivity index (χ1n) is 6.44. The molecule has 2 N–H and O–H groups in total. The molecule has 1 aliphatic rings. The number of hydrogen-bond acceptors (Lipinski definition) is 2. The molecule has 3 nitrogen and oxygen atoms in total. The van der Waals surface area contributed by atoms with Crippen LogP contribution in [0.4, 0.5) is 13.2 Å². The molecule has 0 aromatic heterocycles. The normalized spacial score (nSPS) is 24.9. The molecule has 0 aromatic rings. The van der Waals surface area contributed by atoms with Gasteiger partial charge >= 0.3 is 6.18 Å². The van der Waals surface area contributed by atoms with E-state index in [1.54, 1.807) is 0 Å². The summed E-state index contributed by atoms with van der Waals surface area (Å²) in [5.41, 5.74) is 0. The van der Waals surface area contributed by atoms with Crippen LogP contribution in [0.5, 0.6) is 0 Å². The lowest BCUT2D eigenvalue weighted by Gasteiger charge is -2.29. The minimum absolute atomic E-state index is 0.0542. The van der Waals surface area contributed by atoms with Gasteiger partial charge in [0.25, 0.3) is 0 Å². The van der Waals surface area contributed by atoms with Crippen molar-refractivity contribution in [3.63, 3.8) is 0 Å². The molecule has 2 unspecified atom stereocenters. The largest absolute Gasteiger partial charge is 0.391 e. The molecule has 0 aliphatic heterocycles. The maximum absolute atomic E-state index is 12.6. The zero-order valence-electron chi connectivity index (χ0n) is 10.6. The van der Waals surface area contributed by atoms with Gasteiger partial charge in [-0.05, 0) is 39.3 Å². The van der Waals surface area contributed by atoms with Crippen LogP contribution < -0.4 is 10.6 Å². The molecular formula is C12H21F3N2O. The second kappa shape index (κ2) is 6.97. The first-order chi connectivity index (χ1) is 8.45. The van der Waals surface area contributed by atoms with Gasteiger partial charge in [0.05, 0.1) is 5.92 Å². The highest BCUT2D eigenvalue weighted by Gasteiger charge is 2.43. The average Bonchev–Trinajstić information content (AvgIpc) is 2.33. The Morgan fingerprint density at radius 1 is 1.28 bits per heavy atom. The van der Waals surface area contributed by atoms with E-state index in [2.05, 4.69) is 10.6 Å². The zero-order chi connectivity index (χ0) is 13.6. The van der Waals surface area contributed by atoms with Gasteiger partial charge in [-0.15, -0.1) is 0 Å². The van der Waals surface area contributed by atoms with Crippen LogP contribution in [-0.4, -0.2) is 32.2 Å². The monoisotopic (exact) mass is 266 g/mol. The van der Waals surface area contributed by atoms with Gasteiger partial charge in [0.2, 0.25) is 5.91 Å². The number of nitrogens with one attached hydrogen (secondary N) is 2. The standard InChI is InChI=1S/C12H21F3N2O/c1-16-6-3-7-17-11(18)9-4-2-5-10(8-9)12(13,14)15/h9-10,16H,2-8H2,1H3,(H,17,18). The van der Waals surface area contributed by atoms with Gasteiger partial charge in [-0.25, -0.2) is 0 Å². The third-order valence-corrected chi connectivity index (χ3v) is 3.41. The van der Waals surface area contributed by atoms with Crippen LogP contribution in [-0.2, 0) is 4.79 Å². The third kappa shape index (κ3) is 4.84. The van der Waals surface area contributed by atoms with Crippen molar-refractivity contribution in [2.45, 2.75) is 38.3 Å². The lowest BCUT2D eigenvalue weighted by Crippen LogP contribution is -2.38. The highest BCUT2D eigenvalue weighted by molar-refractivity contribution is 5.78. The molecule has 0 aromatic carbocycles. The van der Waals surface area contributed by atoms with Crippen molar-refractivity contribution in [1.82, 2.24) is 10.6 Å². The maximum atomic E-state index is 12.6. The van der Waals surface area contributed by atoms with Crippen LogP contribution in [0.3, 0.4) is 0 Å². The van der Waals surface area contributed by atoms with E-state index >= 15 is 0 Å². The van der Waals surface area contributed by atoms with Gasteiger partial charge in [-0.3, -0.25) is 4.79 Å². The second-order valence-corrected chi connectivity index (χ2v) is 4.85. The molecule has 0 saturated heterocycles. The number of alkyl halides is 3. The molecule has 6 heteroatoms. The smallest absolute Gasteiger partial charge is 0.356 e. The van der Waals surface area contributed by atoms with E-state index in [9.17, 15) is 18.0 Å². The van der Waals surface area contributed by atoms with Gasteiger partial charge in [-0.2, -0.15) is 13.2 Å².